The number of carbonyl (C=O) groups is 1. The van der Waals surface area contributed by atoms with Crippen LogP contribution >= 0.6 is 0 Å². The van der Waals surface area contributed by atoms with Gasteiger partial charge in [-0.3, -0.25) is 0 Å². The minimum absolute atomic E-state index is 0.253. The molecule has 7 heteroatoms. The number of halogens is 3. The van der Waals surface area contributed by atoms with E-state index >= 15 is 0 Å². The van der Waals surface area contributed by atoms with Crippen LogP contribution in [0.5, 0.6) is 0 Å². The first-order valence-electron chi connectivity index (χ1n) is 6.47. The van der Waals surface area contributed by atoms with Gasteiger partial charge in [0.2, 0.25) is 0 Å². The number of nitrogens with zero attached hydrogens (tertiary/aromatic N) is 1. The maximum absolute atomic E-state index is 11.8. The summed E-state index contributed by atoms with van der Waals surface area (Å²) in [5.41, 5.74) is 1.08. The SMILES string of the molecule is O=C(NCCCn1ccc2ccccc21)OCC(F)(F)F. The van der Waals surface area contributed by atoms with Crippen LogP contribution in [0.3, 0.4) is 0 Å². The third kappa shape index (κ3) is 4.70. The second-order valence-corrected chi connectivity index (χ2v) is 4.54. The molecule has 0 unspecified atom stereocenters. The fourth-order valence-corrected chi connectivity index (χ4v) is 1.97. The van der Waals surface area contributed by atoms with Gasteiger partial charge >= 0.3 is 12.3 Å². The van der Waals surface area contributed by atoms with Crippen molar-refractivity contribution in [2.24, 2.45) is 0 Å². The number of benzene rings is 1. The van der Waals surface area contributed by atoms with E-state index in [2.05, 4.69) is 10.1 Å². The van der Waals surface area contributed by atoms with Crippen LogP contribution in [0.2, 0.25) is 0 Å². The molecule has 1 amide bonds. The van der Waals surface area contributed by atoms with E-state index in [0.29, 0.717) is 13.0 Å². The van der Waals surface area contributed by atoms with Crippen LogP contribution < -0.4 is 5.32 Å². The van der Waals surface area contributed by atoms with Crippen molar-refractivity contribution in [1.29, 1.82) is 0 Å². The number of amides is 1. The minimum atomic E-state index is -4.50. The lowest BCUT2D eigenvalue weighted by Gasteiger charge is -2.09. The smallest absolute Gasteiger partial charge is 0.422 e. The molecule has 1 heterocycles. The molecule has 2 rings (SSSR count). The summed E-state index contributed by atoms with van der Waals surface area (Å²) in [7, 11) is 0. The van der Waals surface area contributed by atoms with Gasteiger partial charge in [0.15, 0.2) is 6.61 Å². The second kappa shape index (κ2) is 6.51. The zero-order chi connectivity index (χ0) is 15.3. The lowest BCUT2D eigenvalue weighted by Crippen LogP contribution is -2.30. The quantitative estimate of drug-likeness (QED) is 0.861. The zero-order valence-electron chi connectivity index (χ0n) is 11.2. The van der Waals surface area contributed by atoms with Gasteiger partial charge < -0.3 is 14.6 Å². The Bertz CT molecular complexity index is 608. The fourth-order valence-electron chi connectivity index (χ4n) is 1.97. The molecule has 0 saturated heterocycles. The molecule has 1 aromatic carbocycles. The predicted octanol–water partition coefficient (Wildman–Crippen LogP) is 3.32. The van der Waals surface area contributed by atoms with Gasteiger partial charge in [-0.2, -0.15) is 13.2 Å². The highest BCUT2D eigenvalue weighted by molar-refractivity contribution is 5.79. The van der Waals surface area contributed by atoms with Crippen LogP contribution in [0.1, 0.15) is 6.42 Å². The molecule has 0 bridgehead atoms. The van der Waals surface area contributed by atoms with Gasteiger partial charge in [0.05, 0.1) is 0 Å². The zero-order valence-corrected chi connectivity index (χ0v) is 11.2. The van der Waals surface area contributed by atoms with Gasteiger partial charge in [0, 0.05) is 24.8 Å². The maximum atomic E-state index is 11.8. The van der Waals surface area contributed by atoms with Crippen LogP contribution in [0.25, 0.3) is 10.9 Å². The van der Waals surface area contributed by atoms with Gasteiger partial charge in [-0.1, -0.05) is 18.2 Å². The van der Waals surface area contributed by atoms with Crippen LogP contribution in [-0.2, 0) is 11.3 Å². The normalized spacial score (nSPS) is 11.6. The number of aromatic nitrogens is 1. The number of nitrogens with one attached hydrogen (secondary N) is 1. The van der Waals surface area contributed by atoms with Gasteiger partial charge in [-0.25, -0.2) is 4.79 Å². The number of alkyl halides is 3. The Hall–Kier alpha value is -2.18. The molecule has 114 valence electrons. The summed E-state index contributed by atoms with van der Waals surface area (Å²) in [6.45, 7) is -0.655. The van der Waals surface area contributed by atoms with Crippen molar-refractivity contribution in [2.45, 2.75) is 19.1 Å². The highest BCUT2D eigenvalue weighted by atomic mass is 19.4. The first-order valence-corrected chi connectivity index (χ1v) is 6.47. The molecule has 0 radical (unpaired) electrons. The van der Waals surface area contributed by atoms with Crippen molar-refractivity contribution in [1.82, 2.24) is 9.88 Å². The topological polar surface area (TPSA) is 43.3 Å². The summed E-state index contributed by atoms with van der Waals surface area (Å²) in [5, 5.41) is 3.41. The lowest BCUT2D eigenvalue weighted by molar-refractivity contribution is -0.160. The average molecular weight is 300 g/mol. The molecular formula is C14H15F3N2O2. The molecule has 0 fully saturated rings. The van der Waals surface area contributed by atoms with E-state index in [-0.39, 0.29) is 6.54 Å². The van der Waals surface area contributed by atoms with Gasteiger partial charge in [0.25, 0.3) is 0 Å². The van der Waals surface area contributed by atoms with E-state index in [1.54, 1.807) is 0 Å². The van der Waals surface area contributed by atoms with E-state index < -0.39 is 18.9 Å². The average Bonchev–Trinajstić information content (AvgIpc) is 2.84. The molecular weight excluding hydrogens is 285 g/mol. The van der Waals surface area contributed by atoms with Crippen molar-refractivity contribution in [3.05, 3.63) is 36.5 Å². The van der Waals surface area contributed by atoms with E-state index in [1.807, 2.05) is 41.1 Å². The Balaban J connectivity index is 1.71. The first kappa shape index (κ1) is 15.2. The highest BCUT2D eigenvalue weighted by Gasteiger charge is 2.29. The van der Waals surface area contributed by atoms with Crippen LogP contribution in [0, 0.1) is 0 Å². The third-order valence-corrected chi connectivity index (χ3v) is 2.89. The summed E-state index contributed by atoms with van der Waals surface area (Å²) in [6, 6.07) is 9.86. The summed E-state index contributed by atoms with van der Waals surface area (Å²) in [5.74, 6) is 0. The summed E-state index contributed by atoms with van der Waals surface area (Å²) in [4.78, 5) is 11.0. The minimum Gasteiger partial charge on any atom is -0.440 e. The van der Waals surface area contributed by atoms with Gasteiger partial charge in [-0.05, 0) is 23.9 Å². The molecule has 0 spiro atoms. The summed E-state index contributed by atoms with van der Waals surface area (Å²) in [6.07, 6.45) is -3.02. The summed E-state index contributed by atoms with van der Waals surface area (Å²) >= 11 is 0. The van der Waals surface area contributed by atoms with Crippen molar-refractivity contribution in [3.8, 4) is 0 Å². The molecule has 2 aromatic rings. The Kier molecular flexibility index (Phi) is 4.72. The molecule has 1 N–H and O–H groups in total. The number of hydrogen-bond donors (Lipinski definition) is 1. The number of para-hydroxylation sites is 1. The molecule has 1 aromatic heterocycles. The molecule has 21 heavy (non-hydrogen) atoms. The first-order chi connectivity index (χ1) is 9.96. The Morgan fingerprint density at radius 2 is 2.00 bits per heavy atom. The maximum Gasteiger partial charge on any atom is 0.422 e. The molecule has 0 aliphatic carbocycles. The number of aryl methyl sites for hydroxylation is 1. The number of fused-ring (bicyclic) bond motifs is 1. The molecule has 0 saturated carbocycles. The monoisotopic (exact) mass is 300 g/mol. The number of ether oxygens (including phenoxy) is 1. The molecule has 0 aliphatic heterocycles. The predicted molar refractivity (Wildman–Crippen MR) is 72.0 cm³/mol. The standard InChI is InChI=1S/C14H15F3N2O2/c15-14(16,17)10-21-13(20)18-7-3-8-19-9-6-11-4-1-2-5-12(11)19/h1-2,4-6,9H,3,7-8,10H2,(H,18,20). The van der Waals surface area contributed by atoms with Crippen molar-refractivity contribution in [2.75, 3.05) is 13.2 Å². The lowest BCUT2D eigenvalue weighted by atomic mass is 10.2. The Labute approximate surface area is 119 Å². The number of alkyl carbamates (subject to hydrolysis) is 1. The Morgan fingerprint density at radius 3 is 2.76 bits per heavy atom. The van der Waals surface area contributed by atoms with E-state index in [9.17, 15) is 18.0 Å². The van der Waals surface area contributed by atoms with E-state index in [1.165, 1.54) is 0 Å². The van der Waals surface area contributed by atoms with Crippen molar-refractivity contribution < 1.29 is 22.7 Å². The number of hydrogen-bond acceptors (Lipinski definition) is 2. The van der Waals surface area contributed by atoms with Crippen LogP contribution in [0.4, 0.5) is 18.0 Å². The van der Waals surface area contributed by atoms with Gasteiger partial charge in [-0.15, -0.1) is 0 Å². The number of rotatable bonds is 5. The van der Waals surface area contributed by atoms with Crippen LogP contribution in [-0.4, -0.2) is 30.0 Å². The van der Waals surface area contributed by atoms with Crippen LogP contribution in [0.15, 0.2) is 36.5 Å². The Morgan fingerprint density at radius 1 is 1.24 bits per heavy atom. The van der Waals surface area contributed by atoms with Gasteiger partial charge in [0.1, 0.15) is 0 Å². The molecule has 4 nitrogen and oxygen atoms in total. The van der Waals surface area contributed by atoms with E-state index in [0.717, 1.165) is 10.9 Å². The third-order valence-electron chi connectivity index (χ3n) is 2.89. The van der Waals surface area contributed by atoms with E-state index in [4.69, 9.17) is 0 Å². The highest BCUT2D eigenvalue weighted by Crippen LogP contribution is 2.15. The second-order valence-electron chi connectivity index (χ2n) is 4.54. The number of carbonyl (C=O) groups excluding carboxylic acids is 1. The van der Waals surface area contributed by atoms with Crippen molar-refractivity contribution >= 4 is 17.0 Å². The fraction of sp³-hybridized carbons (Fsp3) is 0.357. The molecule has 0 aliphatic rings. The summed E-state index contributed by atoms with van der Waals surface area (Å²) < 4.78 is 41.5. The van der Waals surface area contributed by atoms with Crippen molar-refractivity contribution in [3.63, 3.8) is 0 Å². The largest absolute Gasteiger partial charge is 0.440 e. The molecule has 0 atom stereocenters.